The van der Waals surface area contributed by atoms with Gasteiger partial charge in [0.25, 0.3) is 0 Å². The summed E-state index contributed by atoms with van der Waals surface area (Å²) in [7, 11) is 0. The van der Waals surface area contributed by atoms with Crippen molar-refractivity contribution in [3.8, 4) is 0 Å². The van der Waals surface area contributed by atoms with E-state index in [1.807, 2.05) is 23.1 Å². The molecular formula is C24H34ClN3O2. The van der Waals surface area contributed by atoms with Crippen molar-refractivity contribution < 1.29 is 9.59 Å². The summed E-state index contributed by atoms with van der Waals surface area (Å²) in [5.74, 6) is 1.03. The number of benzene rings is 1. The zero-order chi connectivity index (χ0) is 20.9. The summed E-state index contributed by atoms with van der Waals surface area (Å²) in [5.41, 5.74) is 0.751. The van der Waals surface area contributed by atoms with Crippen molar-refractivity contribution in [3.05, 3.63) is 29.3 Å². The van der Waals surface area contributed by atoms with Gasteiger partial charge in [0, 0.05) is 42.8 Å². The molecule has 0 aromatic heterocycles. The van der Waals surface area contributed by atoms with Crippen LogP contribution in [-0.2, 0) is 9.59 Å². The number of anilines is 1. The summed E-state index contributed by atoms with van der Waals surface area (Å²) in [6, 6.07) is 7.23. The van der Waals surface area contributed by atoms with Crippen LogP contribution >= 0.6 is 11.6 Å². The lowest BCUT2D eigenvalue weighted by Gasteiger charge is -2.41. The molecule has 1 atom stereocenters. The van der Waals surface area contributed by atoms with Crippen molar-refractivity contribution >= 4 is 29.1 Å². The van der Waals surface area contributed by atoms with Gasteiger partial charge >= 0.3 is 0 Å². The summed E-state index contributed by atoms with van der Waals surface area (Å²) in [6.07, 6.45) is 10.3. The molecule has 2 saturated carbocycles. The molecule has 0 bridgehead atoms. The number of rotatable bonds is 5. The molecule has 3 aliphatic rings. The highest BCUT2D eigenvalue weighted by atomic mass is 35.5. The zero-order valence-electron chi connectivity index (χ0n) is 17.8. The van der Waals surface area contributed by atoms with Crippen LogP contribution in [0.25, 0.3) is 0 Å². The van der Waals surface area contributed by atoms with Crippen molar-refractivity contribution in [1.29, 1.82) is 0 Å². The predicted molar refractivity (Wildman–Crippen MR) is 121 cm³/mol. The average Bonchev–Trinajstić information content (AvgIpc) is 3.29. The number of hydrogen-bond acceptors (Lipinski definition) is 3. The van der Waals surface area contributed by atoms with E-state index in [4.69, 9.17) is 11.6 Å². The molecule has 1 aromatic carbocycles. The van der Waals surface area contributed by atoms with Crippen LogP contribution in [0.5, 0.6) is 0 Å². The van der Waals surface area contributed by atoms with Gasteiger partial charge in [-0.25, -0.2) is 0 Å². The second-order valence-corrected chi connectivity index (χ2v) is 9.62. The highest BCUT2D eigenvalue weighted by Gasteiger charge is 2.38. The number of nitrogens with one attached hydrogen (secondary N) is 1. The third kappa shape index (κ3) is 5.17. The lowest BCUT2D eigenvalue weighted by Crippen LogP contribution is -2.57. The standard InChI is InChI=1S/C24H34ClN3O2/c25-20-11-6-12-21(17-20)26-23(29)22(18-7-4-5-8-18)27-13-15-28(16-14-27)24(30)19-9-2-1-3-10-19/h6,11-12,17-19,22H,1-5,7-10,13-16H2,(H,26,29). The van der Waals surface area contributed by atoms with Crippen molar-refractivity contribution in [3.63, 3.8) is 0 Å². The Morgan fingerprint density at radius 1 is 0.933 bits per heavy atom. The first kappa shape index (κ1) is 21.6. The maximum Gasteiger partial charge on any atom is 0.242 e. The number of hydrogen-bond donors (Lipinski definition) is 1. The summed E-state index contributed by atoms with van der Waals surface area (Å²) in [4.78, 5) is 30.6. The maximum atomic E-state index is 13.3. The van der Waals surface area contributed by atoms with E-state index in [0.717, 1.165) is 57.5 Å². The fourth-order valence-corrected chi connectivity index (χ4v) is 5.75. The molecule has 0 spiro atoms. The molecule has 6 heteroatoms. The van der Waals surface area contributed by atoms with Crippen LogP contribution in [0.2, 0.25) is 5.02 Å². The Labute approximate surface area is 185 Å². The quantitative estimate of drug-likeness (QED) is 0.743. The number of amides is 2. The van der Waals surface area contributed by atoms with Gasteiger partial charge in [-0.1, -0.05) is 49.8 Å². The minimum Gasteiger partial charge on any atom is -0.340 e. The minimum atomic E-state index is -0.126. The summed E-state index contributed by atoms with van der Waals surface area (Å²) >= 11 is 6.09. The Bertz CT molecular complexity index is 736. The topological polar surface area (TPSA) is 52.7 Å². The molecule has 164 valence electrons. The van der Waals surface area contributed by atoms with Gasteiger partial charge in [0.05, 0.1) is 6.04 Å². The largest absolute Gasteiger partial charge is 0.340 e. The Kier molecular flexibility index (Phi) is 7.32. The molecule has 1 aliphatic heterocycles. The van der Waals surface area contributed by atoms with Gasteiger partial charge in [0.2, 0.25) is 11.8 Å². The number of carbonyl (C=O) groups excluding carboxylic acids is 2. The lowest BCUT2D eigenvalue weighted by molar-refractivity contribution is -0.139. The minimum absolute atomic E-state index is 0.0659. The van der Waals surface area contributed by atoms with Crippen LogP contribution in [-0.4, -0.2) is 53.8 Å². The van der Waals surface area contributed by atoms with Gasteiger partial charge in [-0.05, 0) is 49.8 Å². The SMILES string of the molecule is O=C(Nc1cccc(Cl)c1)C(C1CCCC1)N1CCN(C(=O)C2CCCCC2)CC1. The molecule has 3 fully saturated rings. The molecule has 5 nitrogen and oxygen atoms in total. The molecule has 1 aromatic rings. The normalized spacial score (nSPS) is 22.8. The second kappa shape index (κ2) is 10.1. The first-order valence-corrected chi connectivity index (χ1v) is 12.1. The fourth-order valence-electron chi connectivity index (χ4n) is 5.56. The van der Waals surface area contributed by atoms with E-state index in [9.17, 15) is 9.59 Å². The molecule has 1 heterocycles. The zero-order valence-corrected chi connectivity index (χ0v) is 18.6. The van der Waals surface area contributed by atoms with E-state index in [-0.39, 0.29) is 17.9 Å². The summed E-state index contributed by atoms with van der Waals surface area (Å²) in [6.45, 7) is 3.04. The molecular weight excluding hydrogens is 398 g/mol. The van der Waals surface area contributed by atoms with Crippen LogP contribution in [0.15, 0.2) is 24.3 Å². The van der Waals surface area contributed by atoms with Gasteiger partial charge in [-0.3, -0.25) is 14.5 Å². The molecule has 4 rings (SSSR count). The summed E-state index contributed by atoms with van der Waals surface area (Å²) < 4.78 is 0. The first-order valence-electron chi connectivity index (χ1n) is 11.7. The Hall–Kier alpha value is -1.59. The molecule has 0 radical (unpaired) electrons. The van der Waals surface area contributed by atoms with Crippen molar-refractivity contribution in [2.75, 3.05) is 31.5 Å². The van der Waals surface area contributed by atoms with Crippen molar-refractivity contribution in [1.82, 2.24) is 9.80 Å². The molecule has 2 aliphatic carbocycles. The van der Waals surface area contributed by atoms with Gasteiger partial charge in [0.15, 0.2) is 0 Å². The first-order chi connectivity index (χ1) is 14.6. The fraction of sp³-hybridized carbons (Fsp3) is 0.667. The van der Waals surface area contributed by atoms with E-state index in [0.29, 0.717) is 16.8 Å². The average molecular weight is 432 g/mol. The maximum absolute atomic E-state index is 13.3. The molecule has 1 unspecified atom stereocenters. The monoisotopic (exact) mass is 431 g/mol. The predicted octanol–water partition coefficient (Wildman–Crippen LogP) is 4.56. The van der Waals surface area contributed by atoms with Gasteiger partial charge < -0.3 is 10.2 Å². The van der Waals surface area contributed by atoms with E-state index in [1.165, 1.54) is 32.1 Å². The lowest BCUT2D eigenvalue weighted by atomic mass is 9.88. The number of halogens is 1. The van der Waals surface area contributed by atoms with Crippen LogP contribution in [0.4, 0.5) is 5.69 Å². The number of nitrogens with zero attached hydrogens (tertiary/aromatic N) is 2. The van der Waals surface area contributed by atoms with E-state index < -0.39 is 0 Å². The Morgan fingerprint density at radius 2 is 1.60 bits per heavy atom. The van der Waals surface area contributed by atoms with Crippen molar-refractivity contribution in [2.24, 2.45) is 11.8 Å². The third-order valence-electron chi connectivity index (χ3n) is 7.18. The summed E-state index contributed by atoms with van der Waals surface area (Å²) in [5, 5.41) is 3.72. The van der Waals surface area contributed by atoms with Gasteiger partial charge in [-0.2, -0.15) is 0 Å². The van der Waals surface area contributed by atoms with Crippen LogP contribution in [0, 0.1) is 11.8 Å². The van der Waals surface area contributed by atoms with E-state index >= 15 is 0 Å². The molecule has 2 amide bonds. The molecule has 30 heavy (non-hydrogen) atoms. The van der Waals surface area contributed by atoms with Crippen LogP contribution in [0.1, 0.15) is 57.8 Å². The van der Waals surface area contributed by atoms with Gasteiger partial charge in [0.1, 0.15) is 0 Å². The highest BCUT2D eigenvalue weighted by molar-refractivity contribution is 6.30. The van der Waals surface area contributed by atoms with Crippen molar-refractivity contribution in [2.45, 2.75) is 63.8 Å². The third-order valence-corrected chi connectivity index (χ3v) is 7.42. The Balaban J connectivity index is 1.39. The molecule has 1 N–H and O–H groups in total. The smallest absolute Gasteiger partial charge is 0.242 e. The van der Waals surface area contributed by atoms with Gasteiger partial charge in [-0.15, -0.1) is 0 Å². The number of carbonyl (C=O) groups is 2. The number of piperazine rings is 1. The second-order valence-electron chi connectivity index (χ2n) is 9.19. The van der Waals surface area contributed by atoms with E-state index in [2.05, 4.69) is 10.2 Å². The Morgan fingerprint density at radius 3 is 2.27 bits per heavy atom. The highest BCUT2D eigenvalue weighted by Crippen LogP contribution is 2.32. The van der Waals surface area contributed by atoms with E-state index in [1.54, 1.807) is 6.07 Å². The van der Waals surface area contributed by atoms with Crippen LogP contribution in [0.3, 0.4) is 0 Å². The molecule has 1 saturated heterocycles. The van der Waals surface area contributed by atoms with Crippen LogP contribution < -0.4 is 5.32 Å².